The highest BCUT2D eigenvalue weighted by Crippen LogP contribution is 2.40. The highest BCUT2D eigenvalue weighted by molar-refractivity contribution is 7.81. The molecule has 1 aliphatic rings. The van der Waals surface area contributed by atoms with Crippen molar-refractivity contribution in [3.8, 4) is 45.9 Å². The third-order valence-electron chi connectivity index (χ3n) is 10.0. The molecular weight excluding hydrogens is 915 g/mol. The molecule has 2 atom stereocenters. The van der Waals surface area contributed by atoms with Crippen LogP contribution in [0.3, 0.4) is 0 Å². The molecule has 1 aromatic heterocycles. The van der Waals surface area contributed by atoms with Crippen molar-refractivity contribution < 1.29 is 51.3 Å². The van der Waals surface area contributed by atoms with E-state index in [1.54, 1.807) is 32.1 Å². The lowest BCUT2D eigenvalue weighted by molar-refractivity contribution is -0.137. The zero-order valence-corrected chi connectivity index (χ0v) is 38.9. The Morgan fingerprint density at radius 1 is 1.01 bits per heavy atom. The Balaban J connectivity index is 1.02. The van der Waals surface area contributed by atoms with Crippen molar-refractivity contribution in [2.75, 3.05) is 42.9 Å². The molecule has 3 aromatic carbocycles. The first kappa shape index (κ1) is 51.5. The van der Waals surface area contributed by atoms with E-state index in [2.05, 4.69) is 44.6 Å². The second-order valence-electron chi connectivity index (χ2n) is 16.4. The third kappa shape index (κ3) is 13.4. The van der Waals surface area contributed by atoms with Gasteiger partial charge in [-0.2, -0.15) is 18.4 Å². The Morgan fingerprint density at radius 2 is 1.70 bits per heavy atom. The van der Waals surface area contributed by atoms with Gasteiger partial charge in [0.05, 0.1) is 45.5 Å². The maximum atomic E-state index is 15.2. The molecule has 0 radical (unpaired) electrons. The van der Waals surface area contributed by atoms with Gasteiger partial charge in [-0.1, -0.05) is 51.0 Å². The number of aliphatic hydroxyl groups is 1. The number of carbonyl (C=O) groups is 3. The van der Waals surface area contributed by atoms with Crippen LogP contribution in [0, 0.1) is 53.2 Å². The Hall–Kier alpha value is -6.44. The minimum atomic E-state index is -4.87. The number of aromatic nitrogens is 1. The number of hydrogen-bond donors (Lipinski definition) is 4. The first-order valence-corrected chi connectivity index (χ1v) is 21.7. The summed E-state index contributed by atoms with van der Waals surface area (Å²) in [4.78, 5) is 46.8. The Kier molecular flexibility index (Phi) is 17.2. The lowest BCUT2D eigenvalue weighted by atomic mass is 9.86. The number of ether oxygens (including phenoxy) is 3. The number of nitriles is 1. The highest BCUT2D eigenvalue weighted by Gasteiger charge is 2.51. The molecule has 0 aliphatic carbocycles. The molecule has 0 bridgehead atoms. The number of hydrogen-bond acceptors (Lipinski definition) is 12. The van der Waals surface area contributed by atoms with Crippen LogP contribution in [-0.4, -0.2) is 83.9 Å². The van der Waals surface area contributed by atoms with Crippen LogP contribution in [0.4, 0.5) is 28.9 Å². The van der Waals surface area contributed by atoms with Crippen LogP contribution in [0.1, 0.15) is 57.0 Å². The first-order valence-electron chi connectivity index (χ1n) is 20.5. The fraction of sp³-hybridized carbons (Fsp3) is 0.362. The van der Waals surface area contributed by atoms with E-state index in [0.29, 0.717) is 12.6 Å². The summed E-state index contributed by atoms with van der Waals surface area (Å²) in [5.74, 6) is 7.45. The number of amides is 3. The van der Waals surface area contributed by atoms with Gasteiger partial charge < -0.3 is 34.9 Å². The molecule has 1 fully saturated rings. The highest BCUT2D eigenvalue weighted by atomic mass is 32.1. The van der Waals surface area contributed by atoms with Crippen molar-refractivity contribution in [2.24, 2.45) is 5.41 Å². The molecule has 3 amide bonds. The number of anilines is 2. The number of carbonyl (C=O) groups excluding carboxylic acids is 3. The van der Waals surface area contributed by atoms with Crippen LogP contribution in [0.5, 0.6) is 5.75 Å². The minimum absolute atomic E-state index is 0.0247. The van der Waals surface area contributed by atoms with E-state index in [-0.39, 0.29) is 48.7 Å². The molecule has 0 saturated carbocycles. The Labute approximate surface area is 394 Å². The number of thiazole rings is 1. The van der Waals surface area contributed by atoms with Crippen LogP contribution in [0.2, 0.25) is 0 Å². The number of nitrogens with zero attached hydrogens (tertiary/aromatic N) is 4. The van der Waals surface area contributed by atoms with Crippen LogP contribution in [0.25, 0.3) is 10.4 Å². The summed E-state index contributed by atoms with van der Waals surface area (Å²) in [6, 6.07) is 15.1. The summed E-state index contributed by atoms with van der Waals surface area (Å²) in [5, 5.41) is 27.6. The van der Waals surface area contributed by atoms with Crippen molar-refractivity contribution in [2.45, 2.75) is 72.1 Å². The number of halogens is 4. The molecular formula is C47H47F4N7O7S2. The van der Waals surface area contributed by atoms with Crippen molar-refractivity contribution in [3.63, 3.8) is 0 Å². The van der Waals surface area contributed by atoms with Gasteiger partial charge in [-0.25, -0.2) is 9.37 Å². The average molecular weight is 962 g/mol. The van der Waals surface area contributed by atoms with Crippen LogP contribution >= 0.6 is 23.6 Å². The summed E-state index contributed by atoms with van der Waals surface area (Å²) in [7, 11) is 0. The largest absolute Gasteiger partial charge is 0.478 e. The van der Waals surface area contributed by atoms with E-state index < -0.39 is 70.7 Å². The molecule has 1 aliphatic heterocycles. The third-order valence-corrected chi connectivity index (χ3v) is 11.4. The topological polar surface area (TPSA) is 178 Å². The summed E-state index contributed by atoms with van der Waals surface area (Å²) >= 11 is 7.09. The number of rotatable bonds is 17. The molecule has 1 saturated heterocycles. The van der Waals surface area contributed by atoms with Gasteiger partial charge >= 0.3 is 6.18 Å². The lowest BCUT2D eigenvalue weighted by Gasteiger charge is -2.30. The van der Waals surface area contributed by atoms with Crippen LogP contribution < -0.4 is 30.5 Å². The van der Waals surface area contributed by atoms with Crippen molar-refractivity contribution >= 4 is 57.8 Å². The molecule has 4 N–H and O–H groups in total. The molecule has 4 aromatic rings. The predicted molar refractivity (Wildman–Crippen MR) is 247 cm³/mol. The van der Waals surface area contributed by atoms with Gasteiger partial charge in [0.1, 0.15) is 38.1 Å². The maximum Gasteiger partial charge on any atom is 0.417 e. The standard InChI is InChI=1S/C47H47F4N7O7S2/c1-29-40(67-28-55-29)31-13-11-30(12-14-31)24-53-27-65-39(60)25-54-42(61)41(45(2,3)4)56-38(59)26-63-19-9-7-8-10-20-64-37-18-17-34(22-36(37)48)58-44(66)57(43(62)46(58,5)6)33-16-15-32(23-52)35(21-33)47(49,50)51/h11-18,21-22,28,39,41,53,60H,19-20,24-27H2,1-6H3,(H,54,61)(H,56,59)/t39-,41-/m1/s1. The van der Waals surface area contributed by atoms with Crippen molar-refractivity contribution in [1.82, 2.24) is 20.9 Å². The summed E-state index contributed by atoms with van der Waals surface area (Å²) in [6.45, 7) is 9.68. The second-order valence-corrected chi connectivity index (χ2v) is 17.6. The van der Waals surface area contributed by atoms with E-state index in [4.69, 9.17) is 31.7 Å². The van der Waals surface area contributed by atoms with Crippen molar-refractivity contribution in [1.29, 1.82) is 5.26 Å². The Morgan fingerprint density at radius 3 is 2.33 bits per heavy atom. The van der Waals surface area contributed by atoms with E-state index in [0.717, 1.165) is 38.7 Å². The monoisotopic (exact) mass is 961 g/mol. The zero-order chi connectivity index (χ0) is 49.1. The second kappa shape index (κ2) is 22.4. The number of nitrogens with one attached hydrogen (secondary N) is 3. The molecule has 352 valence electrons. The van der Waals surface area contributed by atoms with E-state index >= 15 is 4.39 Å². The van der Waals surface area contributed by atoms with Gasteiger partial charge in [-0.3, -0.25) is 24.6 Å². The van der Waals surface area contributed by atoms with Crippen LogP contribution in [0.15, 0.2) is 66.2 Å². The van der Waals surface area contributed by atoms with Gasteiger partial charge in [-0.15, -0.1) is 11.3 Å². The number of thiocarbonyl (C=S) groups is 1. The van der Waals surface area contributed by atoms with Gasteiger partial charge in [0, 0.05) is 18.3 Å². The quantitative estimate of drug-likeness (QED) is 0.0311. The first-order chi connectivity index (χ1) is 31.6. The molecule has 67 heavy (non-hydrogen) atoms. The number of alkyl halides is 3. The van der Waals surface area contributed by atoms with Gasteiger partial charge in [0.2, 0.25) is 11.8 Å². The number of aryl methyl sites for hydroxylation is 1. The fourth-order valence-electron chi connectivity index (χ4n) is 6.60. The van der Waals surface area contributed by atoms with Crippen molar-refractivity contribution in [3.05, 3.63) is 94.4 Å². The molecule has 0 spiro atoms. The van der Waals surface area contributed by atoms with E-state index in [1.807, 2.05) is 36.7 Å². The van der Waals surface area contributed by atoms with Gasteiger partial charge in [-0.05, 0) is 97.6 Å². The normalized spacial score (nSPS) is 14.3. The summed E-state index contributed by atoms with van der Waals surface area (Å²) < 4.78 is 72.4. The maximum absolute atomic E-state index is 15.2. The van der Waals surface area contributed by atoms with Crippen LogP contribution in [-0.2, 0) is 36.6 Å². The number of aliphatic hydroxyl groups excluding tert-OH is 1. The van der Waals surface area contributed by atoms with Gasteiger partial charge in [0.15, 0.2) is 23.0 Å². The Bertz CT molecular complexity index is 2640. The molecule has 0 unspecified atom stereocenters. The minimum Gasteiger partial charge on any atom is -0.478 e. The van der Waals surface area contributed by atoms with E-state index in [9.17, 15) is 32.7 Å². The average Bonchev–Trinajstić information content (AvgIpc) is 3.78. The SMILES string of the molecule is Cc1ncsc1-c1ccc(CNCO[C@@H](O)CNC(=O)[C@@H](NC(=O)COCC#CC#CCOc2ccc(N3C(=S)N(c4ccc(C#N)c(C(F)(F)F)c4)C(=O)C3(C)C)cc2F)C(C)(C)C)cc1. The summed E-state index contributed by atoms with van der Waals surface area (Å²) in [5.41, 5.74) is 0.841. The number of benzene rings is 3. The fourth-order valence-corrected chi connectivity index (χ4v) is 7.94. The molecule has 14 nitrogen and oxygen atoms in total. The predicted octanol–water partition coefficient (Wildman–Crippen LogP) is 6.20. The summed E-state index contributed by atoms with van der Waals surface area (Å²) in [6.07, 6.45) is -6.17. The lowest BCUT2D eigenvalue weighted by Crippen LogP contribution is -2.55. The smallest absolute Gasteiger partial charge is 0.417 e. The molecule has 5 rings (SSSR count). The van der Waals surface area contributed by atoms with E-state index in [1.165, 1.54) is 43.0 Å². The molecule has 20 heteroatoms. The molecule has 2 heterocycles. The van der Waals surface area contributed by atoms with Gasteiger partial charge in [0.25, 0.3) is 5.91 Å². The zero-order valence-electron chi connectivity index (χ0n) is 37.3.